The molecule has 1 saturated heterocycles. The molecular formula is C21H25N7OS. The molecule has 5 rings (SSSR count). The van der Waals surface area contributed by atoms with E-state index in [1.165, 1.54) is 36.0 Å². The summed E-state index contributed by atoms with van der Waals surface area (Å²) in [6.45, 7) is 7.01. The third kappa shape index (κ3) is 3.77. The van der Waals surface area contributed by atoms with E-state index in [1.54, 1.807) is 0 Å². The molecule has 2 aliphatic rings. The van der Waals surface area contributed by atoms with E-state index < -0.39 is 0 Å². The maximum atomic E-state index is 12.1. The topological polar surface area (TPSA) is 98.8 Å². The maximum Gasteiger partial charge on any atom is 0.246 e. The molecule has 2 fully saturated rings. The Hall–Kier alpha value is -2.94. The molecular weight excluding hydrogens is 398 g/mol. The van der Waals surface area contributed by atoms with Gasteiger partial charge in [0.2, 0.25) is 11.9 Å². The van der Waals surface area contributed by atoms with E-state index in [-0.39, 0.29) is 11.9 Å². The molecule has 0 radical (unpaired) electrons. The van der Waals surface area contributed by atoms with Crippen LogP contribution in [0, 0.1) is 6.92 Å². The lowest BCUT2D eigenvalue weighted by Crippen LogP contribution is -2.44. The summed E-state index contributed by atoms with van der Waals surface area (Å²) in [6, 6.07) is 2.12. The zero-order chi connectivity index (χ0) is 20.7. The number of H-pyrrole nitrogens is 1. The summed E-state index contributed by atoms with van der Waals surface area (Å²) < 4.78 is 4.31. The molecule has 3 N–H and O–H groups in total. The van der Waals surface area contributed by atoms with Crippen LogP contribution in [0.2, 0.25) is 0 Å². The van der Waals surface area contributed by atoms with Crippen molar-refractivity contribution in [3.8, 4) is 0 Å². The van der Waals surface area contributed by atoms with Gasteiger partial charge >= 0.3 is 0 Å². The van der Waals surface area contributed by atoms with Crippen molar-refractivity contribution >= 4 is 45.2 Å². The highest BCUT2D eigenvalue weighted by atomic mass is 32.1. The van der Waals surface area contributed by atoms with Crippen molar-refractivity contribution in [3.63, 3.8) is 0 Å². The molecule has 156 valence electrons. The first-order valence-electron chi connectivity index (χ1n) is 10.4. The largest absolute Gasteiger partial charge is 0.365 e. The number of aromatic nitrogens is 4. The van der Waals surface area contributed by atoms with Crippen LogP contribution in [0.1, 0.15) is 42.9 Å². The lowest BCUT2D eigenvalue weighted by atomic mass is 10.0. The maximum absolute atomic E-state index is 12.1. The first-order chi connectivity index (χ1) is 14.6. The van der Waals surface area contributed by atoms with Crippen molar-refractivity contribution in [2.24, 2.45) is 0 Å². The van der Waals surface area contributed by atoms with Gasteiger partial charge in [-0.2, -0.15) is 14.3 Å². The zero-order valence-corrected chi connectivity index (χ0v) is 17.8. The standard InChI is InChI=1S/C21H25N7OS/c1-3-17(29)28-8-4-5-14(11-28)23-20-18-15(13-6-7-13)10-22-19(18)25-21(26-20)24-16-9-12(2)27-30-16/h3,9-10,13-14H,1,4-8,11H2,2H3,(H3,22,23,24,25,26). The molecule has 1 saturated carbocycles. The molecule has 1 atom stereocenters. The Morgan fingerprint density at radius 2 is 2.23 bits per heavy atom. The van der Waals surface area contributed by atoms with E-state index in [4.69, 9.17) is 9.97 Å². The van der Waals surface area contributed by atoms with E-state index >= 15 is 0 Å². The summed E-state index contributed by atoms with van der Waals surface area (Å²) in [7, 11) is 0. The van der Waals surface area contributed by atoms with E-state index in [0.717, 1.165) is 46.9 Å². The van der Waals surface area contributed by atoms with Crippen molar-refractivity contribution in [3.05, 3.63) is 36.2 Å². The normalized spacial score (nSPS) is 19.1. The number of anilines is 3. The summed E-state index contributed by atoms with van der Waals surface area (Å²) in [5.74, 6) is 1.92. The molecule has 0 aromatic carbocycles. The fraction of sp³-hybridized carbons (Fsp3) is 0.429. The number of hydrogen-bond acceptors (Lipinski definition) is 7. The molecule has 1 aliphatic heterocycles. The third-order valence-electron chi connectivity index (χ3n) is 5.69. The van der Waals surface area contributed by atoms with E-state index in [1.807, 2.05) is 17.9 Å². The Morgan fingerprint density at radius 1 is 1.37 bits per heavy atom. The van der Waals surface area contributed by atoms with Gasteiger partial charge in [-0.15, -0.1) is 0 Å². The number of rotatable bonds is 6. The number of hydrogen-bond donors (Lipinski definition) is 3. The Morgan fingerprint density at radius 3 is 2.97 bits per heavy atom. The van der Waals surface area contributed by atoms with Gasteiger partial charge in [0.05, 0.1) is 11.1 Å². The highest BCUT2D eigenvalue weighted by Gasteiger charge is 2.30. The summed E-state index contributed by atoms with van der Waals surface area (Å²) in [6.07, 6.45) is 7.82. The first kappa shape index (κ1) is 19.0. The number of carbonyl (C=O) groups excluding carboxylic acids is 1. The van der Waals surface area contributed by atoms with Gasteiger partial charge in [-0.25, -0.2) is 0 Å². The fourth-order valence-corrected chi connectivity index (χ4v) is 4.74. The number of fused-ring (bicyclic) bond motifs is 1. The minimum absolute atomic E-state index is 0.0161. The van der Waals surface area contributed by atoms with Gasteiger partial charge in [0.25, 0.3) is 0 Å². The van der Waals surface area contributed by atoms with E-state index in [9.17, 15) is 4.79 Å². The molecule has 30 heavy (non-hydrogen) atoms. The van der Waals surface area contributed by atoms with Crippen molar-refractivity contribution in [1.82, 2.24) is 24.2 Å². The quantitative estimate of drug-likeness (QED) is 0.520. The Balaban J connectivity index is 1.47. The second kappa shape index (κ2) is 7.71. The van der Waals surface area contributed by atoms with Crippen LogP contribution in [0.25, 0.3) is 11.0 Å². The van der Waals surface area contributed by atoms with Crippen LogP contribution in [-0.2, 0) is 4.79 Å². The number of amides is 1. The highest BCUT2D eigenvalue weighted by molar-refractivity contribution is 7.10. The summed E-state index contributed by atoms with van der Waals surface area (Å²) in [5, 5.41) is 8.88. The van der Waals surface area contributed by atoms with Gasteiger partial charge in [0.1, 0.15) is 16.5 Å². The lowest BCUT2D eigenvalue weighted by Gasteiger charge is -2.33. The summed E-state index contributed by atoms with van der Waals surface area (Å²) >= 11 is 1.39. The minimum Gasteiger partial charge on any atom is -0.365 e. The molecule has 1 amide bonds. The Labute approximate surface area is 179 Å². The summed E-state index contributed by atoms with van der Waals surface area (Å²) in [5.41, 5.74) is 3.07. The van der Waals surface area contributed by atoms with Crippen molar-refractivity contribution in [2.45, 2.75) is 44.6 Å². The van der Waals surface area contributed by atoms with Crippen LogP contribution >= 0.6 is 11.5 Å². The molecule has 0 spiro atoms. The molecule has 1 unspecified atom stereocenters. The Bertz CT molecular complexity index is 1100. The van der Waals surface area contributed by atoms with E-state index in [2.05, 4.69) is 32.8 Å². The number of nitrogens with one attached hydrogen (secondary N) is 3. The van der Waals surface area contributed by atoms with Crippen molar-refractivity contribution in [2.75, 3.05) is 23.7 Å². The van der Waals surface area contributed by atoms with Crippen LogP contribution in [0.3, 0.4) is 0 Å². The highest BCUT2D eigenvalue weighted by Crippen LogP contribution is 2.44. The predicted molar refractivity (Wildman–Crippen MR) is 119 cm³/mol. The summed E-state index contributed by atoms with van der Waals surface area (Å²) in [4.78, 5) is 26.8. The average Bonchev–Trinajstić information content (AvgIpc) is 3.37. The van der Waals surface area contributed by atoms with Crippen LogP contribution in [0.4, 0.5) is 16.8 Å². The van der Waals surface area contributed by atoms with Crippen molar-refractivity contribution < 1.29 is 4.79 Å². The number of aromatic amines is 1. The van der Waals surface area contributed by atoms with Gasteiger partial charge in [0.15, 0.2) is 0 Å². The number of nitrogens with zero attached hydrogens (tertiary/aromatic N) is 4. The molecule has 0 bridgehead atoms. The van der Waals surface area contributed by atoms with Gasteiger partial charge < -0.3 is 20.5 Å². The van der Waals surface area contributed by atoms with Gasteiger partial charge in [-0.05, 0) is 67.8 Å². The number of aryl methyl sites for hydroxylation is 1. The van der Waals surface area contributed by atoms with Gasteiger partial charge in [-0.3, -0.25) is 4.79 Å². The predicted octanol–water partition coefficient (Wildman–Crippen LogP) is 3.93. The third-order valence-corrected chi connectivity index (χ3v) is 6.49. The fourth-order valence-electron chi connectivity index (χ4n) is 4.08. The smallest absolute Gasteiger partial charge is 0.246 e. The first-order valence-corrected chi connectivity index (χ1v) is 11.2. The number of likely N-dealkylation sites (tertiary alicyclic amines) is 1. The zero-order valence-electron chi connectivity index (χ0n) is 16.9. The molecule has 1 aliphatic carbocycles. The molecule has 3 aromatic rings. The van der Waals surface area contributed by atoms with E-state index in [0.29, 0.717) is 18.4 Å². The molecule has 4 heterocycles. The second-order valence-corrected chi connectivity index (χ2v) is 8.87. The SMILES string of the molecule is C=CC(=O)N1CCCC(Nc2nc(Nc3cc(C)ns3)nc3[nH]cc(C4CC4)c23)C1. The monoisotopic (exact) mass is 423 g/mol. The molecule has 8 nitrogen and oxygen atoms in total. The van der Waals surface area contributed by atoms with Crippen LogP contribution < -0.4 is 10.6 Å². The van der Waals surface area contributed by atoms with Gasteiger partial charge in [-0.1, -0.05) is 6.58 Å². The van der Waals surface area contributed by atoms with Crippen molar-refractivity contribution in [1.29, 1.82) is 0 Å². The molecule has 3 aromatic heterocycles. The number of piperidine rings is 1. The minimum atomic E-state index is -0.0161. The number of carbonyl (C=O) groups is 1. The lowest BCUT2D eigenvalue weighted by molar-refractivity contribution is -0.127. The van der Waals surface area contributed by atoms with Crippen LogP contribution in [0.5, 0.6) is 0 Å². The van der Waals surface area contributed by atoms with Crippen LogP contribution in [0.15, 0.2) is 24.9 Å². The second-order valence-electron chi connectivity index (χ2n) is 8.07. The van der Waals surface area contributed by atoms with Gasteiger partial charge in [0, 0.05) is 25.3 Å². The Kier molecular flexibility index (Phi) is 4.90. The van der Waals surface area contributed by atoms with Crippen LogP contribution in [-0.4, -0.2) is 49.3 Å². The average molecular weight is 424 g/mol. The molecule has 9 heteroatoms.